The molecule has 2 rings (SSSR count). The van der Waals surface area contributed by atoms with Crippen molar-refractivity contribution in [1.29, 1.82) is 0 Å². The SMILES string of the molecule is CCCN(CC1CC1)CC(O)c1ccc(OC(C)C)cc1. The Bertz CT molecular complexity index is 412. The topological polar surface area (TPSA) is 32.7 Å². The summed E-state index contributed by atoms with van der Waals surface area (Å²) in [4.78, 5) is 2.40. The van der Waals surface area contributed by atoms with Crippen molar-refractivity contribution in [3.05, 3.63) is 29.8 Å². The molecule has 1 aliphatic rings. The number of hydrogen-bond acceptors (Lipinski definition) is 3. The molecule has 0 amide bonds. The van der Waals surface area contributed by atoms with Gasteiger partial charge in [-0.2, -0.15) is 0 Å². The van der Waals surface area contributed by atoms with Crippen molar-refractivity contribution >= 4 is 0 Å². The minimum absolute atomic E-state index is 0.180. The molecule has 0 spiro atoms. The maximum Gasteiger partial charge on any atom is 0.119 e. The van der Waals surface area contributed by atoms with Crippen molar-refractivity contribution < 1.29 is 9.84 Å². The highest BCUT2D eigenvalue weighted by molar-refractivity contribution is 5.28. The van der Waals surface area contributed by atoms with E-state index in [0.717, 1.165) is 43.3 Å². The Kier molecular flexibility index (Phi) is 6.07. The fourth-order valence-corrected chi connectivity index (χ4v) is 2.63. The van der Waals surface area contributed by atoms with Crippen LogP contribution in [0.1, 0.15) is 51.7 Å². The maximum absolute atomic E-state index is 10.4. The highest BCUT2D eigenvalue weighted by atomic mass is 16.5. The molecule has 0 saturated heterocycles. The minimum Gasteiger partial charge on any atom is -0.491 e. The van der Waals surface area contributed by atoms with Gasteiger partial charge in [-0.1, -0.05) is 19.1 Å². The van der Waals surface area contributed by atoms with Gasteiger partial charge in [0.25, 0.3) is 0 Å². The molecule has 0 aliphatic heterocycles. The van der Waals surface area contributed by atoms with Crippen LogP contribution in [0.5, 0.6) is 5.75 Å². The summed E-state index contributed by atoms with van der Waals surface area (Å²) in [5.74, 6) is 1.73. The molecule has 0 bridgehead atoms. The summed E-state index contributed by atoms with van der Waals surface area (Å²) in [6.45, 7) is 9.17. The fraction of sp³-hybridized carbons (Fsp3) is 0.667. The third kappa shape index (κ3) is 5.68. The van der Waals surface area contributed by atoms with Crippen LogP contribution in [0.2, 0.25) is 0 Å². The zero-order valence-corrected chi connectivity index (χ0v) is 13.6. The van der Waals surface area contributed by atoms with Crippen LogP contribution in [-0.4, -0.2) is 35.7 Å². The molecular formula is C18H29NO2. The summed E-state index contributed by atoms with van der Waals surface area (Å²) in [7, 11) is 0. The van der Waals surface area contributed by atoms with Gasteiger partial charge in [-0.05, 0) is 63.3 Å². The highest BCUT2D eigenvalue weighted by Crippen LogP contribution is 2.30. The smallest absolute Gasteiger partial charge is 0.119 e. The molecule has 1 N–H and O–H groups in total. The largest absolute Gasteiger partial charge is 0.491 e. The first kappa shape index (κ1) is 16.3. The summed E-state index contributed by atoms with van der Waals surface area (Å²) in [5, 5.41) is 10.4. The van der Waals surface area contributed by atoms with E-state index in [1.54, 1.807) is 0 Å². The van der Waals surface area contributed by atoms with Crippen molar-refractivity contribution in [3.63, 3.8) is 0 Å². The molecule has 0 heterocycles. The Hall–Kier alpha value is -1.06. The van der Waals surface area contributed by atoms with Gasteiger partial charge in [-0.25, -0.2) is 0 Å². The van der Waals surface area contributed by atoms with E-state index in [0.29, 0.717) is 0 Å². The van der Waals surface area contributed by atoms with E-state index in [1.807, 2.05) is 38.1 Å². The molecule has 1 unspecified atom stereocenters. The molecular weight excluding hydrogens is 262 g/mol. The van der Waals surface area contributed by atoms with E-state index in [2.05, 4.69) is 11.8 Å². The van der Waals surface area contributed by atoms with Crippen LogP contribution >= 0.6 is 0 Å². The molecule has 118 valence electrons. The van der Waals surface area contributed by atoms with E-state index in [4.69, 9.17) is 4.74 Å². The van der Waals surface area contributed by atoms with E-state index in [1.165, 1.54) is 12.8 Å². The molecule has 1 aliphatic carbocycles. The fourth-order valence-electron chi connectivity index (χ4n) is 2.63. The standard InChI is InChI=1S/C18H29NO2/c1-4-11-19(12-15-5-6-15)13-18(20)16-7-9-17(10-8-16)21-14(2)3/h7-10,14-15,18,20H,4-6,11-13H2,1-3H3. The van der Waals surface area contributed by atoms with E-state index in [9.17, 15) is 5.11 Å². The van der Waals surface area contributed by atoms with Crippen LogP contribution in [0.15, 0.2) is 24.3 Å². The highest BCUT2D eigenvalue weighted by Gasteiger charge is 2.25. The zero-order chi connectivity index (χ0) is 15.2. The Morgan fingerprint density at radius 1 is 1.24 bits per heavy atom. The Morgan fingerprint density at radius 2 is 1.90 bits per heavy atom. The van der Waals surface area contributed by atoms with E-state index in [-0.39, 0.29) is 6.10 Å². The number of ether oxygens (including phenoxy) is 1. The van der Waals surface area contributed by atoms with E-state index < -0.39 is 6.10 Å². The van der Waals surface area contributed by atoms with Crippen LogP contribution < -0.4 is 4.74 Å². The van der Waals surface area contributed by atoms with Gasteiger partial charge in [0, 0.05) is 13.1 Å². The second kappa shape index (κ2) is 7.81. The Balaban J connectivity index is 1.89. The van der Waals surface area contributed by atoms with Crippen LogP contribution in [0.4, 0.5) is 0 Å². The predicted octanol–water partition coefficient (Wildman–Crippen LogP) is 3.63. The molecule has 0 radical (unpaired) electrons. The van der Waals surface area contributed by atoms with Gasteiger partial charge in [0.15, 0.2) is 0 Å². The van der Waals surface area contributed by atoms with Crippen molar-refractivity contribution in [2.24, 2.45) is 5.92 Å². The Labute approximate surface area is 128 Å². The van der Waals surface area contributed by atoms with Crippen molar-refractivity contribution in [3.8, 4) is 5.75 Å². The number of rotatable bonds is 9. The van der Waals surface area contributed by atoms with Gasteiger partial charge in [0.2, 0.25) is 0 Å². The van der Waals surface area contributed by atoms with Gasteiger partial charge in [0.1, 0.15) is 5.75 Å². The summed E-state index contributed by atoms with van der Waals surface area (Å²) >= 11 is 0. The number of hydrogen-bond donors (Lipinski definition) is 1. The molecule has 1 atom stereocenters. The molecule has 1 saturated carbocycles. The molecule has 21 heavy (non-hydrogen) atoms. The van der Waals surface area contributed by atoms with Crippen LogP contribution in [0.25, 0.3) is 0 Å². The average molecular weight is 291 g/mol. The second-order valence-electron chi connectivity index (χ2n) is 6.45. The van der Waals surface area contributed by atoms with Crippen LogP contribution in [0, 0.1) is 5.92 Å². The number of nitrogens with zero attached hydrogens (tertiary/aromatic N) is 1. The number of aliphatic hydroxyl groups is 1. The van der Waals surface area contributed by atoms with Crippen molar-refractivity contribution in [1.82, 2.24) is 4.90 Å². The van der Waals surface area contributed by atoms with Gasteiger partial charge in [-0.3, -0.25) is 0 Å². The monoisotopic (exact) mass is 291 g/mol. The molecule has 1 aromatic rings. The molecule has 0 aromatic heterocycles. The number of benzene rings is 1. The first-order valence-electron chi connectivity index (χ1n) is 8.25. The minimum atomic E-state index is -0.414. The lowest BCUT2D eigenvalue weighted by Gasteiger charge is -2.25. The van der Waals surface area contributed by atoms with Gasteiger partial charge in [0.05, 0.1) is 12.2 Å². The zero-order valence-electron chi connectivity index (χ0n) is 13.6. The first-order valence-corrected chi connectivity index (χ1v) is 8.25. The van der Waals surface area contributed by atoms with E-state index >= 15 is 0 Å². The van der Waals surface area contributed by atoms with Gasteiger partial charge >= 0.3 is 0 Å². The quantitative estimate of drug-likeness (QED) is 0.754. The molecule has 3 nitrogen and oxygen atoms in total. The lowest BCUT2D eigenvalue weighted by atomic mass is 10.1. The van der Waals surface area contributed by atoms with Crippen LogP contribution in [0.3, 0.4) is 0 Å². The van der Waals surface area contributed by atoms with Crippen molar-refractivity contribution in [2.75, 3.05) is 19.6 Å². The Morgan fingerprint density at radius 3 is 2.43 bits per heavy atom. The molecule has 3 heteroatoms. The summed E-state index contributed by atoms with van der Waals surface area (Å²) < 4.78 is 5.64. The lowest BCUT2D eigenvalue weighted by Crippen LogP contribution is -2.31. The molecule has 1 fully saturated rings. The van der Waals surface area contributed by atoms with Crippen LogP contribution in [-0.2, 0) is 0 Å². The second-order valence-corrected chi connectivity index (χ2v) is 6.45. The van der Waals surface area contributed by atoms with Crippen molar-refractivity contribution in [2.45, 2.75) is 52.2 Å². The average Bonchev–Trinajstić information content (AvgIpc) is 3.23. The first-order chi connectivity index (χ1) is 10.1. The maximum atomic E-state index is 10.4. The molecule has 1 aromatic carbocycles. The number of aliphatic hydroxyl groups excluding tert-OH is 1. The third-order valence-electron chi connectivity index (χ3n) is 3.82. The van der Waals surface area contributed by atoms with Gasteiger partial charge < -0.3 is 14.7 Å². The predicted molar refractivity (Wildman–Crippen MR) is 86.6 cm³/mol. The summed E-state index contributed by atoms with van der Waals surface area (Å²) in [5.41, 5.74) is 0.975. The summed E-state index contributed by atoms with van der Waals surface area (Å²) in [6.07, 6.45) is 3.62. The normalized spacial score (nSPS) is 16.5. The lowest BCUT2D eigenvalue weighted by molar-refractivity contribution is 0.110. The summed E-state index contributed by atoms with van der Waals surface area (Å²) in [6, 6.07) is 7.85. The van der Waals surface area contributed by atoms with Gasteiger partial charge in [-0.15, -0.1) is 0 Å². The third-order valence-corrected chi connectivity index (χ3v) is 3.82.